The third kappa shape index (κ3) is 2.82. The molecule has 1 saturated heterocycles. The highest BCUT2D eigenvalue weighted by molar-refractivity contribution is 5.57. The number of hydrogen-bond acceptors (Lipinski definition) is 4. The Hall–Kier alpha value is -1.42. The standard InChI is InChI=1S/C17H26N2O2/c1-4-18-15-7-8-19(13(3)12(15)2)14-5-6-16-17(11-14)21-10-9-20-16/h5-6,11-13,15,18H,4,7-10H2,1-3H3. The van der Waals surface area contributed by atoms with Crippen LogP contribution >= 0.6 is 0 Å². The van der Waals surface area contributed by atoms with E-state index >= 15 is 0 Å². The lowest BCUT2D eigenvalue weighted by Gasteiger charge is -2.44. The topological polar surface area (TPSA) is 33.7 Å². The number of anilines is 1. The first-order valence-electron chi connectivity index (χ1n) is 8.10. The maximum absolute atomic E-state index is 5.71. The lowest BCUT2D eigenvalue weighted by molar-refractivity contribution is 0.171. The summed E-state index contributed by atoms with van der Waals surface area (Å²) in [5, 5.41) is 3.62. The Balaban J connectivity index is 1.78. The number of ether oxygens (including phenoxy) is 2. The van der Waals surface area contributed by atoms with Crippen LogP contribution in [0.25, 0.3) is 0 Å². The van der Waals surface area contributed by atoms with Crippen molar-refractivity contribution < 1.29 is 9.47 Å². The summed E-state index contributed by atoms with van der Waals surface area (Å²) in [5.74, 6) is 2.38. The molecule has 0 saturated carbocycles. The number of piperidine rings is 1. The van der Waals surface area contributed by atoms with Crippen molar-refractivity contribution in [3.63, 3.8) is 0 Å². The van der Waals surface area contributed by atoms with E-state index in [1.807, 2.05) is 6.07 Å². The minimum absolute atomic E-state index is 0.519. The van der Waals surface area contributed by atoms with Crippen molar-refractivity contribution in [2.24, 2.45) is 5.92 Å². The number of nitrogens with zero attached hydrogens (tertiary/aromatic N) is 1. The Morgan fingerprint density at radius 3 is 2.71 bits per heavy atom. The van der Waals surface area contributed by atoms with Gasteiger partial charge < -0.3 is 19.7 Å². The van der Waals surface area contributed by atoms with E-state index in [0.717, 1.165) is 24.6 Å². The molecule has 0 amide bonds. The van der Waals surface area contributed by atoms with Crippen LogP contribution in [0.3, 0.4) is 0 Å². The smallest absolute Gasteiger partial charge is 0.163 e. The molecule has 0 bridgehead atoms. The van der Waals surface area contributed by atoms with Gasteiger partial charge in [0.1, 0.15) is 13.2 Å². The first kappa shape index (κ1) is 14.5. The molecule has 1 aromatic rings. The van der Waals surface area contributed by atoms with E-state index in [1.165, 1.54) is 12.1 Å². The fourth-order valence-electron chi connectivity index (χ4n) is 3.49. The number of fused-ring (bicyclic) bond motifs is 1. The average Bonchev–Trinajstić information content (AvgIpc) is 2.52. The zero-order chi connectivity index (χ0) is 14.8. The van der Waals surface area contributed by atoms with Crippen molar-refractivity contribution in [2.45, 2.75) is 39.3 Å². The second-order valence-corrected chi connectivity index (χ2v) is 6.07. The van der Waals surface area contributed by atoms with Gasteiger partial charge in [-0.15, -0.1) is 0 Å². The van der Waals surface area contributed by atoms with E-state index in [0.29, 0.717) is 31.2 Å². The van der Waals surface area contributed by atoms with Gasteiger partial charge in [0.2, 0.25) is 0 Å². The molecule has 0 aromatic heterocycles. The molecule has 116 valence electrons. The van der Waals surface area contributed by atoms with Gasteiger partial charge in [0.15, 0.2) is 11.5 Å². The molecule has 4 heteroatoms. The molecule has 3 rings (SSSR count). The molecule has 2 aliphatic heterocycles. The first-order valence-corrected chi connectivity index (χ1v) is 8.10. The van der Waals surface area contributed by atoms with Crippen molar-refractivity contribution in [1.82, 2.24) is 5.32 Å². The average molecular weight is 290 g/mol. The summed E-state index contributed by atoms with van der Waals surface area (Å²) in [7, 11) is 0. The summed E-state index contributed by atoms with van der Waals surface area (Å²) in [4.78, 5) is 2.50. The largest absolute Gasteiger partial charge is 0.486 e. The van der Waals surface area contributed by atoms with Crippen molar-refractivity contribution in [2.75, 3.05) is 31.2 Å². The highest BCUT2D eigenvalue weighted by atomic mass is 16.6. The van der Waals surface area contributed by atoms with Gasteiger partial charge in [-0.25, -0.2) is 0 Å². The molecule has 0 spiro atoms. The van der Waals surface area contributed by atoms with Gasteiger partial charge in [-0.05, 0) is 37.9 Å². The Bertz CT molecular complexity index is 492. The van der Waals surface area contributed by atoms with Gasteiger partial charge in [-0.3, -0.25) is 0 Å². The predicted molar refractivity (Wildman–Crippen MR) is 85.5 cm³/mol. The van der Waals surface area contributed by atoms with E-state index in [-0.39, 0.29) is 0 Å². The number of hydrogen-bond donors (Lipinski definition) is 1. The van der Waals surface area contributed by atoms with Crippen LogP contribution in [0.4, 0.5) is 5.69 Å². The summed E-state index contributed by atoms with van der Waals surface area (Å²) >= 11 is 0. The van der Waals surface area contributed by atoms with Crippen molar-refractivity contribution in [3.05, 3.63) is 18.2 Å². The van der Waals surface area contributed by atoms with Crippen LogP contribution in [-0.2, 0) is 0 Å². The van der Waals surface area contributed by atoms with E-state index in [9.17, 15) is 0 Å². The molecule has 21 heavy (non-hydrogen) atoms. The monoisotopic (exact) mass is 290 g/mol. The maximum Gasteiger partial charge on any atom is 0.163 e. The van der Waals surface area contributed by atoms with E-state index in [2.05, 4.69) is 43.1 Å². The van der Waals surface area contributed by atoms with Gasteiger partial charge in [0.25, 0.3) is 0 Å². The maximum atomic E-state index is 5.71. The fraction of sp³-hybridized carbons (Fsp3) is 0.647. The normalized spacial score (nSPS) is 28.5. The van der Waals surface area contributed by atoms with Crippen LogP contribution < -0.4 is 19.7 Å². The SMILES string of the molecule is CCNC1CCN(c2ccc3c(c2)OCCO3)C(C)C1C. The van der Waals surface area contributed by atoms with Gasteiger partial charge in [-0.2, -0.15) is 0 Å². The van der Waals surface area contributed by atoms with Crippen molar-refractivity contribution in [1.29, 1.82) is 0 Å². The van der Waals surface area contributed by atoms with Crippen LogP contribution in [0.1, 0.15) is 27.2 Å². The summed E-state index contributed by atoms with van der Waals surface area (Å²) in [5.41, 5.74) is 1.24. The van der Waals surface area contributed by atoms with Crippen molar-refractivity contribution >= 4 is 5.69 Å². The van der Waals surface area contributed by atoms with Crippen LogP contribution in [0, 0.1) is 5.92 Å². The Labute approximate surface area is 127 Å². The molecule has 4 nitrogen and oxygen atoms in total. The zero-order valence-corrected chi connectivity index (χ0v) is 13.3. The van der Waals surface area contributed by atoms with Crippen LogP contribution in [0.2, 0.25) is 0 Å². The number of benzene rings is 1. The molecule has 0 aliphatic carbocycles. The Morgan fingerprint density at radius 1 is 1.19 bits per heavy atom. The molecule has 1 N–H and O–H groups in total. The van der Waals surface area contributed by atoms with E-state index in [4.69, 9.17) is 9.47 Å². The van der Waals surface area contributed by atoms with Gasteiger partial charge in [0.05, 0.1) is 0 Å². The van der Waals surface area contributed by atoms with Gasteiger partial charge in [0, 0.05) is 30.4 Å². The molecule has 3 unspecified atom stereocenters. The molecular weight excluding hydrogens is 264 g/mol. The van der Waals surface area contributed by atoms with Gasteiger partial charge >= 0.3 is 0 Å². The molecule has 2 heterocycles. The molecule has 1 aromatic carbocycles. The molecule has 0 radical (unpaired) electrons. The third-order valence-electron chi connectivity index (χ3n) is 4.89. The van der Waals surface area contributed by atoms with Gasteiger partial charge in [-0.1, -0.05) is 13.8 Å². The second-order valence-electron chi connectivity index (χ2n) is 6.07. The molecule has 2 aliphatic rings. The Morgan fingerprint density at radius 2 is 1.95 bits per heavy atom. The number of rotatable bonds is 3. The fourth-order valence-corrected chi connectivity index (χ4v) is 3.49. The minimum Gasteiger partial charge on any atom is -0.486 e. The predicted octanol–water partition coefficient (Wildman–Crippen LogP) is 2.67. The lowest BCUT2D eigenvalue weighted by Crippen LogP contribution is -2.53. The number of nitrogens with one attached hydrogen (secondary N) is 1. The summed E-state index contributed by atoms with van der Waals surface area (Å²) in [6.45, 7) is 10.3. The van der Waals surface area contributed by atoms with E-state index < -0.39 is 0 Å². The lowest BCUT2D eigenvalue weighted by atomic mass is 9.86. The highest BCUT2D eigenvalue weighted by Crippen LogP contribution is 2.36. The van der Waals surface area contributed by atoms with Crippen LogP contribution in [0.15, 0.2) is 18.2 Å². The summed E-state index contributed by atoms with van der Waals surface area (Å²) in [6.07, 6.45) is 1.19. The van der Waals surface area contributed by atoms with Crippen molar-refractivity contribution in [3.8, 4) is 11.5 Å². The molecular formula is C17H26N2O2. The van der Waals surface area contributed by atoms with Crippen LogP contribution in [-0.4, -0.2) is 38.4 Å². The zero-order valence-electron chi connectivity index (χ0n) is 13.3. The molecule has 1 fully saturated rings. The first-order chi connectivity index (χ1) is 10.2. The minimum atomic E-state index is 0.519. The highest BCUT2D eigenvalue weighted by Gasteiger charge is 2.32. The third-order valence-corrected chi connectivity index (χ3v) is 4.89. The summed E-state index contributed by atoms with van der Waals surface area (Å²) in [6, 6.07) is 7.47. The summed E-state index contributed by atoms with van der Waals surface area (Å²) < 4.78 is 11.3. The van der Waals surface area contributed by atoms with E-state index in [1.54, 1.807) is 0 Å². The molecule has 3 atom stereocenters. The second kappa shape index (κ2) is 6.14. The van der Waals surface area contributed by atoms with Crippen LogP contribution in [0.5, 0.6) is 11.5 Å². The Kier molecular flexibility index (Phi) is 4.24. The quantitative estimate of drug-likeness (QED) is 0.928.